The van der Waals surface area contributed by atoms with Gasteiger partial charge in [0.1, 0.15) is 5.69 Å². The number of benzene rings is 1. The zero-order valence-corrected chi connectivity index (χ0v) is 11.6. The second-order valence-electron chi connectivity index (χ2n) is 4.59. The lowest BCUT2D eigenvalue weighted by Gasteiger charge is -2.12. The van der Waals surface area contributed by atoms with Crippen LogP contribution in [-0.2, 0) is 12.4 Å². The summed E-state index contributed by atoms with van der Waals surface area (Å²) < 4.78 is 76.7. The number of aromatic carboxylic acids is 1. The van der Waals surface area contributed by atoms with Crippen LogP contribution in [0.3, 0.4) is 0 Å². The fraction of sp³-hybridized carbons (Fsp3) is 0.167. The average molecular weight is 369 g/mol. The van der Waals surface area contributed by atoms with E-state index in [4.69, 9.17) is 5.11 Å². The van der Waals surface area contributed by atoms with Crippen LogP contribution in [0.5, 0.6) is 0 Å². The number of halogens is 6. The van der Waals surface area contributed by atoms with Crippen LogP contribution in [0.15, 0.2) is 24.3 Å². The third kappa shape index (κ3) is 3.54. The number of hydrogen-bond donors (Lipinski definition) is 1. The van der Waals surface area contributed by atoms with Crippen LogP contribution in [0.1, 0.15) is 21.7 Å². The first-order valence-corrected chi connectivity index (χ1v) is 6.09. The van der Waals surface area contributed by atoms with Crippen LogP contribution < -0.4 is 0 Å². The lowest BCUT2D eigenvalue weighted by molar-refractivity contribution is -0.384. The molecule has 0 unspecified atom stereocenters. The van der Waals surface area contributed by atoms with E-state index in [-0.39, 0.29) is 10.7 Å². The number of non-ortho nitro benzene ring substituents is 1. The van der Waals surface area contributed by atoms with E-state index in [1.807, 2.05) is 0 Å². The van der Waals surface area contributed by atoms with Gasteiger partial charge in [-0.15, -0.1) is 0 Å². The first-order valence-electron chi connectivity index (χ1n) is 6.09. The van der Waals surface area contributed by atoms with Crippen LogP contribution in [0, 0.1) is 10.1 Å². The van der Waals surface area contributed by atoms with Crippen LogP contribution >= 0.6 is 0 Å². The molecule has 2 aromatic rings. The lowest BCUT2D eigenvalue weighted by Crippen LogP contribution is -2.16. The number of carbonyl (C=O) groups is 1. The van der Waals surface area contributed by atoms with Crippen LogP contribution in [-0.4, -0.2) is 25.8 Å². The summed E-state index contributed by atoms with van der Waals surface area (Å²) in [6.07, 6.45) is -10.5. The van der Waals surface area contributed by atoms with Gasteiger partial charge in [-0.1, -0.05) is 0 Å². The lowest BCUT2D eigenvalue weighted by atomic mass is 10.1. The molecule has 7 nitrogen and oxygen atoms in total. The van der Waals surface area contributed by atoms with Gasteiger partial charge in [0.2, 0.25) is 0 Å². The molecule has 0 aliphatic heterocycles. The smallest absolute Gasteiger partial charge is 0.435 e. The quantitative estimate of drug-likeness (QED) is 0.507. The van der Waals surface area contributed by atoms with E-state index in [0.717, 1.165) is 0 Å². The highest BCUT2D eigenvalue weighted by Crippen LogP contribution is 2.37. The molecule has 0 radical (unpaired) electrons. The summed E-state index contributed by atoms with van der Waals surface area (Å²) in [5, 5.41) is 22.4. The first-order chi connectivity index (χ1) is 11.3. The van der Waals surface area contributed by atoms with E-state index in [1.165, 1.54) is 0 Å². The molecule has 0 saturated heterocycles. The molecular weight excluding hydrogens is 364 g/mol. The Bertz CT molecular complexity index is 856. The number of carboxylic acids is 1. The zero-order valence-electron chi connectivity index (χ0n) is 11.6. The van der Waals surface area contributed by atoms with Crippen molar-refractivity contribution >= 4 is 11.7 Å². The first kappa shape index (κ1) is 18.2. The Labute approximate surface area is 133 Å². The molecule has 0 bridgehead atoms. The Morgan fingerprint density at radius 2 is 1.72 bits per heavy atom. The van der Waals surface area contributed by atoms with E-state index in [1.54, 1.807) is 0 Å². The molecule has 1 aromatic carbocycles. The van der Waals surface area contributed by atoms with Crippen LogP contribution in [0.2, 0.25) is 0 Å². The minimum Gasteiger partial charge on any atom is -0.478 e. The van der Waals surface area contributed by atoms with Gasteiger partial charge < -0.3 is 5.11 Å². The molecule has 13 heteroatoms. The number of aromatic nitrogens is 2. The summed E-state index contributed by atoms with van der Waals surface area (Å²) in [6, 6.07) is 1.36. The maximum atomic E-state index is 13.0. The number of hydrogen-bond acceptors (Lipinski definition) is 4. The number of nitro benzene ring substituents is 1. The summed E-state index contributed by atoms with van der Waals surface area (Å²) >= 11 is 0. The minimum atomic E-state index is -5.28. The molecule has 0 saturated carbocycles. The van der Waals surface area contributed by atoms with Crippen LogP contribution in [0.25, 0.3) is 5.69 Å². The molecule has 134 valence electrons. The van der Waals surface area contributed by atoms with Gasteiger partial charge in [-0.3, -0.25) is 10.1 Å². The van der Waals surface area contributed by atoms with Crippen molar-refractivity contribution in [3.8, 4) is 5.69 Å². The molecular formula is C12H5F6N3O4. The number of alkyl halides is 6. The molecule has 0 aliphatic carbocycles. The largest absolute Gasteiger partial charge is 0.478 e. The van der Waals surface area contributed by atoms with Crippen molar-refractivity contribution in [3.05, 3.63) is 51.3 Å². The predicted octanol–water partition coefficient (Wildman–Crippen LogP) is 3.52. The predicted molar refractivity (Wildman–Crippen MR) is 67.2 cm³/mol. The third-order valence-corrected chi connectivity index (χ3v) is 2.94. The monoisotopic (exact) mass is 369 g/mol. The summed E-state index contributed by atoms with van der Waals surface area (Å²) in [5.41, 5.74) is -6.46. The van der Waals surface area contributed by atoms with Gasteiger partial charge >= 0.3 is 18.3 Å². The summed E-state index contributed by atoms with van der Waals surface area (Å²) in [6.45, 7) is 0. The number of carboxylic acid groups (broad SMARTS) is 1. The zero-order chi connectivity index (χ0) is 19.2. The second-order valence-corrected chi connectivity index (χ2v) is 4.59. The highest BCUT2D eigenvalue weighted by Gasteiger charge is 2.42. The average Bonchev–Trinajstić information content (AvgIpc) is 2.91. The Hall–Kier alpha value is -3.12. The van der Waals surface area contributed by atoms with Crippen LogP contribution in [0.4, 0.5) is 32.0 Å². The third-order valence-electron chi connectivity index (χ3n) is 2.94. The van der Waals surface area contributed by atoms with Crippen molar-refractivity contribution < 1.29 is 41.2 Å². The number of nitro groups is 1. The van der Waals surface area contributed by atoms with E-state index in [9.17, 15) is 41.3 Å². The number of nitrogens with zero attached hydrogens (tertiary/aromatic N) is 3. The van der Waals surface area contributed by atoms with Gasteiger partial charge in [0.25, 0.3) is 5.69 Å². The molecule has 0 spiro atoms. The molecule has 25 heavy (non-hydrogen) atoms. The molecule has 0 amide bonds. The van der Waals surface area contributed by atoms with Crippen molar-refractivity contribution in [2.75, 3.05) is 0 Å². The number of rotatable bonds is 3. The van der Waals surface area contributed by atoms with Gasteiger partial charge in [0.05, 0.1) is 16.2 Å². The van der Waals surface area contributed by atoms with Crippen molar-refractivity contribution in [3.63, 3.8) is 0 Å². The van der Waals surface area contributed by atoms with Crippen molar-refractivity contribution in [2.24, 2.45) is 0 Å². The van der Waals surface area contributed by atoms with E-state index < -0.39 is 51.6 Å². The van der Waals surface area contributed by atoms with Gasteiger partial charge in [0.15, 0.2) is 5.69 Å². The van der Waals surface area contributed by atoms with Crippen molar-refractivity contribution in [2.45, 2.75) is 12.4 Å². The van der Waals surface area contributed by atoms with Gasteiger partial charge in [-0.25, -0.2) is 9.48 Å². The molecule has 0 atom stereocenters. The normalized spacial score (nSPS) is 12.2. The second kappa shape index (κ2) is 5.75. The SMILES string of the molecule is O=C(O)c1cc([N+](=O)[O-])ccc1-n1nc(C(F)(F)F)cc1C(F)(F)F. The summed E-state index contributed by atoms with van der Waals surface area (Å²) in [7, 11) is 0. The molecule has 1 N–H and O–H groups in total. The van der Waals surface area contributed by atoms with Crippen molar-refractivity contribution in [1.29, 1.82) is 0 Å². The van der Waals surface area contributed by atoms with E-state index in [2.05, 4.69) is 5.10 Å². The Kier molecular flexibility index (Phi) is 4.19. The molecule has 1 aromatic heterocycles. The van der Waals surface area contributed by atoms with Crippen molar-refractivity contribution in [1.82, 2.24) is 9.78 Å². The Morgan fingerprint density at radius 1 is 1.12 bits per heavy atom. The summed E-state index contributed by atoms with van der Waals surface area (Å²) in [4.78, 5) is 20.8. The fourth-order valence-corrected chi connectivity index (χ4v) is 1.90. The van der Waals surface area contributed by atoms with Gasteiger partial charge in [-0.2, -0.15) is 31.4 Å². The highest BCUT2D eigenvalue weighted by atomic mass is 19.4. The standard InChI is InChI=1S/C12H5F6N3O4/c13-11(14,15)8-4-9(12(16,17)18)20(19-8)7-2-1-5(21(24)25)3-6(7)10(22)23/h1-4H,(H,22,23). The maximum absolute atomic E-state index is 13.0. The Balaban J connectivity index is 2.79. The highest BCUT2D eigenvalue weighted by molar-refractivity contribution is 5.92. The summed E-state index contributed by atoms with van der Waals surface area (Å²) in [5.74, 6) is -1.88. The topological polar surface area (TPSA) is 98.3 Å². The Morgan fingerprint density at radius 3 is 2.16 bits per heavy atom. The van der Waals surface area contributed by atoms with E-state index >= 15 is 0 Å². The molecule has 0 fully saturated rings. The van der Waals surface area contributed by atoms with E-state index in [0.29, 0.717) is 18.2 Å². The molecule has 2 rings (SSSR count). The molecule has 1 heterocycles. The fourth-order valence-electron chi connectivity index (χ4n) is 1.90. The maximum Gasteiger partial charge on any atom is 0.435 e. The minimum absolute atomic E-state index is 0.254. The molecule has 0 aliphatic rings. The van der Waals surface area contributed by atoms with Gasteiger partial charge in [-0.05, 0) is 6.07 Å². The van der Waals surface area contributed by atoms with Gasteiger partial charge in [0, 0.05) is 18.2 Å².